The molecule has 2 heterocycles. The number of halogens is 1. The van der Waals surface area contributed by atoms with Crippen LogP contribution in [0.2, 0.25) is 5.15 Å². The number of rotatable bonds is 5. The van der Waals surface area contributed by atoms with E-state index in [-0.39, 0.29) is 0 Å². The number of hydrogen-bond acceptors (Lipinski definition) is 5. The Kier molecular flexibility index (Phi) is 4.83. The van der Waals surface area contributed by atoms with Gasteiger partial charge in [-0.2, -0.15) is 5.10 Å². The zero-order chi connectivity index (χ0) is 18.8. The third kappa shape index (κ3) is 3.54. The standard InChI is InChI=1S/C20H21ClN6/c1-3-15-7-9-17(10-8-15)27-19(21)18(12-22-27)20-23-24-25-26(20)13-16-6-4-5-14(2)11-16/h4-12,24-25H,3,13H2,1-2H3. The van der Waals surface area contributed by atoms with Crippen LogP contribution in [0.15, 0.2) is 59.8 Å². The molecule has 1 aliphatic rings. The van der Waals surface area contributed by atoms with E-state index in [1.165, 1.54) is 16.7 Å². The van der Waals surface area contributed by atoms with Crippen molar-refractivity contribution in [2.45, 2.75) is 26.8 Å². The molecular formula is C20H21ClN6. The number of aryl methyl sites for hydroxylation is 2. The van der Waals surface area contributed by atoms with Gasteiger partial charge in [-0.25, -0.2) is 10.2 Å². The van der Waals surface area contributed by atoms with Gasteiger partial charge in [-0.15, -0.1) is 10.6 Å². The summed E-state index contributed by atoms with van der Waals surface area (Å²) < 4.78 is 1.72. The lowest BCUT2D eigenvalue weighted by molar-refractivity contribution is 0.288. The average molecular weight is 381 g/mol. The maximum absolute atomic E-state index is 6.64. The number of hydrogen-bond donors (Lipinski definition) is 2. The van der Waals surface area contributed by atoms with Crippen molar-refractivity contribution < 1.29 is 0 Å². The lowest BCUT2D eigenvalue weighted by Gasteiger charge is -2.18. The molecule has 0 fully saturated rings. The summed E-state index contributed by atoms with van der Waals surface area (Å²) in [6, 6.07) is 16.6. The molecule has 138 valence electrons. The quantitative estimate of drug-likeness (QED) is 0.710. The third-order valence-corrected chi connectivity index (χ3v) is 4.93. The highest BCUT2D eigenvalue weighted by atomic mass is 35.5. The second-order valence-corrected chi connectivity index (χ2v) is 6.87. The smallest absolute Gasteiger partial charge is 0.178 e. The molecule has 7 heteroatoms. The zero-order valence-electron chi connectivity index (χ0n) is 15.3. The van der Waals surface area contributed by atoms with Crippen molar-refractivity contribution in [2.24, 2.45) is 5.10 Å². The van der Waals surface area contributed by atoms with Crippen molar-refractivity contribution in [3.05, 3.63) is 82.1 Å². The fraction of sp³-hybridized carbons (Fsp3) is 0.200. The third-order valence-electron chi connectivity index (χ3n) is 4.57. The molecule has 3 aromatic rings. The average Bonchev–Trinajstić information content (AvgIpc) is 3.28. The number of hydrazone groups is 1. The van der Waals surface area contributed by atoms with Crippen LogP contribution in [0.1, 0.15) is 29.2 Å². The predicted molar refractivity (Wildman–Crippen MR) is 107 cm³/mol. The van der Waals surface area contributed by atoms with Gasteiger partial charge in [0.1, 0.15) is 5.15 Å². The Hall–Kier alpha value is -2.83. The first-order valence-electron chi connectivity index (χ1n) is 8.90. The van der Waals surface area contributed by atoms with E-state index in [1.807, 2.05) is 17.1 Å². The summed E-state index contributed by atoms with van der Waals surface area (Å²) in [6.07, 6.45) is 2.74. The number of amidine groups is 1. The molecule has 0 spiro atoms. The maximum atomic E-state index is 6.64. The van der Waals surface area contributed by atoms with Crippen molar-refractivity contribution in [3.63, 3.8) is 0 Å². The fourth-order valence-corrected chi connectivity index (χ4v) is 3.38. The summed E-state index contributed by atoms with van der Waals surface area (Å²) in [5, 5.41) is 11.3. The van der Waals surface area contributed by atoms with Crippen molar-refractivity contribution in [1.82, 2.24) is 25.9 Å². The SMILES string of the molecule is CCc1ccc(-n2ncc(C3=NNNN3Cc3cccc(C)c3)c2Cl)cc1. The molecule has 4 rings (SSSR count). The van der Waals surface area contributed by atoms with Gasteiger partial charge in [0, 0.05) is 0 Å². The van der Waals surface area contributed by atoms with Gasteiger partial charge in [0.05, 0.1) is 24.0 Å². The van der Waals surface area contributed by atoms with Gasteiger partial charge < -0.3 is 0 Å². The molecule has 1 aromatic heterocycles. The Morgan fingerprint density at radius 3 is 2.63 bits per heavy atom. The first kappa shape index (κ1) is 17.6. The lowest BCUT2D eigenvalue weighted by atomic mass is 10.1. The number of aromatic nitrogens is 2. The van der Waals surface area contributed by atoms with Gasteiger partial charge in [0.25, 0.3) is 0 Å². The summed E-state index contributed by atoms with van der Waals surface area (Å²) in [6.45, 7) is 4.87. The van der Waals surface area contributed by atoms with E-state index in [9.17, 15) is 0 Å². The summed E-state index contributed by atoms with van der Waals surface area (Å²) in [5.74, 6) is 0.706. The monoisotopic (exact) mass is 380 g/mol. The first-order valence-corrected chi connectivity index (χ1v) is 9.28. The first-order chi connectivity index (χ1) is 13.2. The highest BCUT2D eigenvalue weighted by Crippen LogP contribution is 2.23. The van der Waals surface area contributed by atoms with Crippen LogP contribution in [-0.4, -0.2) is 20.6 Å². The largest absolute Gasteiger partial charge is 0.266 e. The van der Waals surface area contributed by atoms with Gasteiger partial charge in [0.15, 0.2) is 5.84 Å². The molecule has 0 unspecified atom stereocenters. The number of benzene rings is 2. The summed E-state index contributed by atoms with van der Waals surface area (Å²) in [4.78, 5) is 0. The zero-order valence-corrected chi connectivity index (χ0v) is 16.0. The Labute approximate surface area is 163 Å². The Morgan fingerprint density at radius 1 is 1.07 bits per heavy atom. The fourth-order valence-electron chi connectivity index (χ4n) is 3.10. The van der Waals surface area contributed by atoms with Gasteiger partial charge in [0.2, 0.25) is 0 Å². The summed E-state index contributed by atoms with van der Waals surface area (Å²) >= 11 is 6.64. The lowest BCUT2D eigenvalue weighted by Crippen LogP contribution is -2.40. The van der Waals surface area contributed by atoms with Crippen molar-refractivity contribution in [1.29, 1.82) is 0 Å². The minimum absolute atomic E-state index is 0.526. The summed E-state index contributed by atoms with van der Waals surface area (Å²) in [5.41, 5.74) is 11.2. The van der Waals surface area contributed by atoms with Crippen molar-refractivity contribution in [2.75, 3.05) is 0 Å². The normalized spacial score (nSPS) is 13.6. The summed E-state index contributed by atoms with van der Waals surface area (Å²) in [7, 11) is 0. The van der Waals surface area contributed by atoms with Gasteiger partial charge in [-0.3, -0.25) is 5.01 Å². The van der Waals surface area contributed by atoms with Crippen LogP contribution in [0.5, 0.6) is 0 Å². The van der Waals surface area contributed by atoms with Crippen LogP contribution in [0.4, 0.5) is 0 Å². The number of nitrogens with zero attached hydrogens (tertiary/aromatic N) is 4. The molecule has 27 heavy (non-hydrogen) atoms. The highest BCUT2D eigenvalue weighted by molar-refractivity contribution is 6.33. The molecule has 0 bridgehead atoms. The molecule has 0 radical (unpaired) electrons. The highest BCUT2D eigenvalue weighted by Gasteiger charge is 2.24. The van der Waals surface area contributed by atoms with E-state index in [2.05, 4.69) is 71.5 Å². The van der Waals surface area contributed by atoms with E-state index in [4.69, 9.17) is 11.6 Å². The van der Waals surface area contributed by atoms with E-state index >= 15 is 0 Å². The van der Waals surface area contributed by atoms with Crippen LogP contribution in [0.25, 0.3) is 5.69 Å². The second-order valence-electron chi connectivity index (χ2n) is 6.52. The molecule has 2 N–H and O–H groups in total. The Balaban J connectivity index is 1.60. The molecule has 0 saturated carbocycles. The Bertz CT molecular complexity index is 976. The van der Waals surface area contributed by atoms with Gasteiger partial charge in [-0.1, -0.05) is 60.5 Å². The molecule has 2 aromatic carbocycles. The molecule has 0 aliphatic carbocycles. The number of hydrazine groups is 2. The molecule has 6 nitrogen and oxygen atoms in total. The van der Waals surface area contributed by atoms with Gasteiger partial charge >= 0.3 is 0 Å². The molecule has 1 aliphatic heterocycles. The molecular weight excluding hydrogens is 360 g/mol. The van der Waals surface area contributed by atoms with E-state index in [0.717, 1.165) is 17.7 Å². The van der Waals surface area contributed by atoms with Crippen LogP contribution in [-0.2, 0) is 13.0 Å². The molecule has 0 amide bonds. The van der Waals surface area contributed by atoms with Crippen LogP contribution in [0, 0.1) is 6.92 Å². The number of nitrogens with one attached hydrogen (secondary N) is 2. The van der Waals surface area contributed by atoms with Crippen LogP contribution >= 0.6 is 11.6 Å². The van der Waals surface area contributed by atoms with Gasteiger partial charge in [-0.05, 0) is 36.6 Å². The minimum Gasteiger partial charge on any atom is -0.266 e. The van der Waals surface area contributed by atoms with Crippen LogP contribution < -0.4 is 11.1 Å². The van der Waals surface area contributed by atoms with E-state index < -0.39 is 0 Å². The maximum Gasteiger partial charge on any atom is 0.178 e. The van der Waals surface area contributed by atoms with E-state index in [0.29, 0.717) is 17.5 Å². The predicted octanol–water partition coefficient (Wildman–Crippen LogP) is 3.58. The van der Waals surface area contributed by atoms with E-state index in [1.54, 1.807) is 10.9 Å². The minimum atomic E-state index is 0.526. The topological polar surface area (TPSA) is 57.5 Å². The Morgan fingerprint density at radius 2 is 1.89 bits per heavy atom. The molecule has 0 atom stereocenters. The van der Waals surface area contributed by atoms with Crippen molar-refractivity contribution in [3.8, 4) is 5.69 Å². The van der Waals surface area contributed by atoms with Crippen LogP contribution in [0.3, 0.4) is 0 Å². The molecule has 0 saturated heterocycles. The second kappa shape index (κ2) is 7.42. The van der Waals surface area contributed by atoms with Crippen molar-refractivity contribution >= 4 is 17.4 Å².